The second-order valence-corrected chi connectivity index (χ2v) is 4.65. The van der Waals surface area contributed by atoms with E-state index in [1.54, 1.807) is 0 Å². The quantitative estimate of drug-likeness (QED) is 0.265. The van der Waals surface area contributed by atoms with E-state index >= 15 is 0 Å². The maximum atomic E-state index is 13.5. The summed E-state index contributed by atoms with van der Waals surface area (Å²) in [5, 5.41) is 0. The molecule has 0 heterocycles. The minimum atomic E-state index is -2.35. The molecule has 0 N–H and O–H groups in total. The maximum Gasteiger partial charge on any atom is 0.349 e. The largest absolute Gasteiger partial charge is 0.494 e. The lowest BCUT2D eigenvalue weighted by Crippen LogP contribution is -2.17. The molecule has 0 aliphatic carbocycles. The van der Waals surface area contributed by atoms with Crippen LogP contribution in [0.2, 0.25) is 0 Å². The minimum absolute atomic E-state index is 0.146. The summed E-state index contributed by atoms with van der Waals surface area (Å²) in [5.74, 6) is -12.7. The fourth-order valence-corrected chi connectivity index (χ4v) is 1.77. The van der Waals surface area contributed by atoms with Gasteiger partial charge in [-0.05, 0) is 30.7 Å². The van der Waals surface area contributed by atoms with E-state index in [9.17, 15) is 26.7 Å². The standard InChI is InChI=1S/C16H11F5O3/c1-2-7-23-8-3-5-9(6-4-8)24-16(22)10-11(17)13(19)15(21)14(20)12(10)18/h3-6H,2,7H2,1H3. The van der Waals surface area contributed by atoms with Crippen LogP contribution in [-0.4, -0.2) is 12.6 Å². The van der Waals surface area contributed by atoms with Gasteiger partial charge >= 0.3 is 5.97 Å². The van der Waals surface area contributed by atoms with Crippen LogP contribution in [0.25, 0.3) is 0 Å². The Bertz CT molecular complexity index is 730. The van der Waals surface area contributed by atoms with Crippen LogP contribution in [-0.2, 0) is 0 Å². The third-order valence-corrected chi connectivity index (χ3v) is 2.92. The van der Waals surface area contributed by atoms with Crippen LogP contribution in [0, 0.1) is 29.1 Å². The van der Waals surface area contributed by atoms with Crippen molar-refractivity contribution in [1.29, 1.82) is 0 Å². The molecule has 2 aromatic carbocycles. The van der Waals surface area contributed by atoms with E-state index in [-0.39, 0.29) is 5.75 Å². The first-order valence-electron chi connectivity index (χ1n) is 6.83. The molecule has 0 aliphatic rings. The van der Waals surface area contributed by atoms with Gasteiger partial charge in [-0.3, -0.25) is 0 Å². The molecule has 0 saturated carbocycles. The average Bonchev–Trinajstić information content (AvgIpc) is 2.58. The molecule has 0 amide bonds. The fraction of sp³-hybridized carbons (Fsp3) is 0.188. The summed E-state index contributed by atoms with van der Waals surface area (Å²) in [5.41, 5.74) is -1.65. The van der Waals surface area contributed by atoms with Crippen molar-refractivity contribution in [2.24, 2.45) is 0 Å². The average molecular weight is 346 g/mol. The molecule has 0 radical (unpaired) electrons. The third kappa shape index (κ3) is 3.47. The van der Waals surface area contributed by atoms with Gasteiger partial charge in [0.1, 0.15) is 17.1 Å². The summed E-state index contributed by atoms with van der Waals surface area (Å²) >= 11 is 0. The Labute approximate surface area is 133 Å². The van der Waals surface area contributed by atoms with Gasteiger partial charge in [-0.1, -0.05) is 6.92 Å². The van der Waals surface area contributed by atoms with Crippen molar-refractivity contribution in [2.45, 2.75) is 13.3 Å². The van der Waals surface area contributed by atoms with Crippen molar-refractivity contribution in [3.63, 3.8) is 0 Å². The Morgan fingerprint density at radius 1 is 0.833 bits per heavy atom. The van der Waals surface area contributed by atoms with E-state index in [1.807, 2.05) is 6.92 Å². The Kier molecular flexibility index (Phi) is 5.38. The number of hydrogen-bond donors (Lipinski definition) is 0. The molecule has 0 atom stereocenters. The summed E-state index contributed by atoms with van der Waals surface area (Å²) in [6.45, 7) is 2.36. The van der Waals surface area contributed by atoms with E-state index in [0.717, 1.165) is 6.42 Å². The van der Waals surface area contributed by atoms with Crippen molar-refractivity contribution < 1.29 is 36.2 Å². The molecule has 24 heavy (non-hydrogen) atoms. The molecule has 0 fully saturated rings. The zero-order valence-electron chi connectivity index (χ0n) is 12.3. The SMILES string of the molecule is CCCOc1ccc(OC(=O)c2c(F)c(F)c(F)c(F)c2F)cc1. The topological polar surface area (TPSA) is 35.5 Å². The van der Waals surface area contributed by atoms with Gasteiger partial charge in [0.25, 0.3) is 0 Å². The van der Waals surface area contributed by atoms with Crippen LogP contribution in [0.4, 0.5) is 22.0 Å². The van der Waals surface area contributed by atoms with Crippen molar-refractivity contribution in [3.8, 4) is 11.5 Å². The van der Waals surface area contributed by atoms with Gasteiger partial charge in [0.05, 0.1) is 6.61 Å². The lowest BCUT2D eigenvalue weighted by atomic mass is 10.1. The Balaban J connectivity index is 2.24. The number of hydrogen-bond acceptors (Lipinski definition) is 3. The molecule has 0 aromatic heterocycles. The molecule has 8 heteroatoms. The predicted molar refractivity (Wildman–Crippen MR) is 73.4 cm³/mol. The lowest BCUT2D eigenvalue weighted by Gasteiger charge is -2.09. The monoisotopic (exact) mass is 346 g/mol. The van der Waals surface area contributed by atoms with Crippen molar-refractivity contribution in [2.75, 3.05) is 6.61 Å². The summed E-state index contributed by atoms with van der Waals surface area (Å²) in [7, 11) is 0. The van der Waals surface area contributed by atoms with E-state index in [0.29, 0.717) is 12.4 Å². The molecule has 0 unspecified atom stereocenters. The van der Waals surface area contributed by atoms with Crippen LogP contribution in [0.1, 0.15) is 23.7 Å². The summed E-state index contributed by atoms with van der Waals surface area (Å²) in [4.78, 5) is 11.7. The molecular formula is C16H11F5O3. The van der Waals surface area contributed by atoms with Crippen LogP contribution >= 0.6 is 0 Å². The van der Waals surface area contributed by atoms with Crippen molar-refractivity contribution in [1.82, 2.24) is 0 Å². The van der Waals surface area contributed by atoms with Crippen molar-refractivity contribution >= 4 is 5.97 Å². The first-order chi connectivity index (χ1) is 11.4. The molecular weight excluding hydrogens is 335 g/mol. The summed E-state index contributed by atoms with van der Waals surface area (Å²) in [6.07, 6.45) is 0.775. The molecule has 128 valence electrons. The third-order valence-electron chi connectivity index (χ3n) is 2.92. The van der Waals surface area contributed by atoms with E-state index in [4.69, 9.17) is 4.74 Å². The van der Waals surface area contributed by atoms with Gasteiger partial charge in [-0.25, -0.2) is 26.7 Å². The van der Waals surface area contributed by atoms with E-state index < -0.39 is 40.6 Å². The van der Waals surface area contributed by atoms with E-state index in [1.165, 1.54) is 24.3 Å². The smallest absolute Gasteiger partial charge is 0.349 e. The second kappa shape index (κ2) is 7.29. The molecule has 3 nitrogen and oxygen atoms in total. The highest BCUT2D eigenvalue weighted by atomic mass is 19.2. The van der Waals surface area contributed by atoms with Crippen LogP contribution in [0.3, 0.4) is 0 Å². The predicted octanol–water partition coefficient (Wildman–Crippen LogP) is 4.39. The lowest BCUT2D eigenvalue weighted by molar-refractivity contribution is 0.0720. The number of carbonyl (C=O) groups is 1. The minimum Gasteiger partial charge on any atom is -0.494 e. The molecule has 2 aromatic rings. The van der Waals surface area contributed by atoms with Gasteiger partial charge in [-0.2, -0.15) is 0 Å². The first kappa shape index (κ1) is 17.7. The molecule has 0 bridgehead atoms. The number of benzene rings is 2. The first-order valence-corrected chi connectivity index (χ1v) is 6.83. The Hall–Kier alpha value is -2.64. The van der Waals surface area contributed by atoms with Crippen molar-refractivity contribution in [3.05, 3.63) is 58.9 Å². The van der Waals surface area contributed by atoms with Crippen LogP contribution in [0.15, 0.2) is 24.3 Å². The highest BCUT2D eigenvalue weighted by molar-refractivity contribution is 5.91. The summed E-state index contributed by atoms with van der Waals surface area (Å²) < 4.78 is 76.1. The van der Waals surface area contributed by atoms with Gasteiger partial charge < -0.3 is 9.47 Å². The number of rotatable bonds is 5. The maximum absolute atomic E-state index is 13.5. The molecule has 0 saturated heterocycles. The second-order valence-electron chi connectivity index (χ2n) is 4.65. The zero-order chi connectivity index (χ0) is 17.9. The highest BCUT2D eigenvalue weighted by Crippen LogP contribution is 2.25. The fourth-order valence-electron chi connectivity index (χ4n) is 1.77. The van der Waals surface area contributed by atoms with E-state index in [2.05, 4.69) is 4.74 Å². The number of esters is 1. The van der Waals surface area contributed by atoms with Gasteiger partial charge in [0.15, 0.2) is 23.3 Å². The van der Waals surface area contributed by atoms with Crippen LogP contribution < -0.4 is 9.47 Å². The number of carbonyl (C=O) groups excluding carboxylic acids is 1. The highest BCUT2D eigenvalue weighted by Gasteiger charge is 2.30. The number of halogens is 5. The molecule has 0 spiro atoms. The van der Waals surface area contributed by atoms with Gasteiger partial charge in [0, 0.05) is 0 Å². The zero-order valence-corrected chi connectivity index (χ0v) is 12.3. The normalized spacial score (nSPS) is 10.6. The Morgan fingerprint density at radius 3 is 1.79 bits per heavy atom. The number of ether oxygens (including phenoxy) is 2. The molecule has 0 aliphatic heterocycles. The summed E-state index contributed by atoms with van der Waals surface area (Å²) in [6, 6.07) is 5.37. The molecule has 2 rings (SSSR count). The van der Waals surface area contributed by atoms with Gasteiger partial charge in [0.2, 0.25) is 5.82 Å². The Morgan fingerprint density at radius 2 is 1.29 bits per heavy atom. The van der Waals surface area contributed by atoms with Crippen LogP contribution in [0.5, 0.6) is 11.5 Å². The van der Waals surface area contributed by atoms with Gasteiger partial charge in [-0.15, -0.1) is 0 Å².